The molecule has 3 heteroatoms. The van der Waals surface area contributed by atoms with E-state index >= 15 is 0 Å². The lowest BCUT2D eigenvalue weighted by atomic mass is 9.67. The van der Waals surface area contributed by atoms with Gasteiger partial charge in [-0.25, -0.2) is 0 Å². The molecule has 0 fully saturated rings. The number of fused-ring (bicyclic) bond motifs is 1. The van der Waals surface area contributed by atoms with Crippen LogP contribution in [-0.2, 0) is 4.74 Å². The molecule has 0 aliphatic heterocycles. The Labute approximate surface area is 90.1 Å². The number of hydrogen-bond donors (Lipinski definition) is 1. The highest BCUT2D eigenvalue weighted by Crippen LogP contribution is 2.44. The molecule has 15 heavy (non-hydrogen) atoms. The maximum absolute atomic E-state index is 9.03. The zero-order chi connectivity index (χ0) is 10.9. The Morgan fingerprint density at radius 3 is 2.93 bits per heavy atom. The molecule has 0 aromatic carbocycles. The third-order valence-electron chi connectivity index (χ3n) is 3.59. The number of oxime groups is 1. The van der Waals surface area contributed by atoms with Crippen LogP contribution in [0.1, 0.15) is 32.6 Å². The van der Waals surface area contributed by atoms with Crippen LogP contribution in [-0.4, -0.2) is 18.0 Å². The van der Waals surface area contributed by atoms with E-state index in [4.69, 9.17) is 9.94 Å². The molecule has 2 rings (SSSR count). The smallest absolute Gasteiger partial charge is 0.0958 e. The van der Waals surface area contributed by atoms with Gasteiger partial charge in [-0.3, -0.25) is 0 Å². The number of hydrogen-bond acceptors (Lipinski definition) is 3. The second-order valence-corrected chi connectivity index (χ2v) is 4.39. The number of ether oxygens (including phenoxy) is 1. The number of rotatable bonds is 1. The lowest BCUT2D eigenvalue weighted by Gasteiger charge is -2.38. The van der Waals surface area contributed by atoms with E-state index in [1.54, 1.807) is 7.11 Å². The molecule has 1 unspecified atom stereocenters. The maximum atomic E-state index is 9.03. The molecular formula is C12H17NO2. The van der Waals surface area contributed by atoms with Crippen molar-refractivity contribution in [3.63, 3.8) is 0 Å². The fourth-order valence-corrected chi connectivity index (χ4v) is 2.48. The minimum absolute atomic E-state index is 0.0744. The summed E-state index contributed by atoms with van der Waals surface area (Å²) in [6, 6.07) is 0. The Morgan fingerprint density at radius 2 is 2.27 bits per heavy atom. The van der Waals surface area contributed by atoms with Crippen LogP contribution in [0.15, 0.2) is 28.6 Å². The van der Waals surface area contributed by atoms with Crippen molar-refractivity contribution in [2.24, 2.45) is 10.6 Å². The highest BCUT2D eigenvalue weighted by molar-refractivity contribution is 5.94. The van der Waals surface area contributed by atoms with Crippen LogP contribution in [0.5, 0.6) is 0 Å². The SMILES string of the molecule is COC1=CC2=CCCC(=NO)C2(C)CC1. The van der Waals surface area contributed by atoms with Crippen molar-refractivity contribution in [1.29, 1.82) is 0 Å². The molecule has 0 radical (unpaired) electrons. The quantitative estimate of drug-likeness (QED) is 0.530. The van der Waals surface area contributed by atoms with Crippen molar-refractivity contribution in [1.82, 2.24) is 0 Å². The normalized spacial score (nSPS) is 33.1. The molecule has 0 amide bonds. The average molecular weight is 207 g/mol. The van der Waals surface area contributed by atoms with Crippen molar-refractivity contribution in [2.75, 3.05) is 7.11 Å². The van der Waals surface area contributed by atoms with Gasteiger partial charge in [0.15, 0.2) is 0 Å². The van der Waals surface area contributed by atoms with Gasteiger partial charge in [0, 0.05) is 11.8 Å². The monoisotopic (exact) mass is 207 g/mol. The topological polar surface area (TPSA) is 41.8 Å². The Kier molecular flexibility index (Phi) is 2.55. The highest BCUT2D eigenvalue weighted by Gasteiger charge is 2.38. The predicted molar refractivity (Wildman–Crippen MR) is 59.0 cm³/mol. The number of nitrogens with zero attached hydrogens (tertiary/aromatic N) is 1. The van der Waals surface area contributed by atoms with Gasteiger partial charge in [0.25, 0.3) is 0 Å². The molecule has 2 aliphatic carbocycles. The van der Waals surface area contributed by atoms with Gasteiger partial charge in [-0.15, -0.1) is 0 Å². The van der Waals surface area contributed by atoms with Gasteiger partial charge in [-0.05, 0) is 30.9 Å². The maximum Gasteiger partial charge on any atom is 0.0958 e. The lowest BCUT2D eigenvalue weighted by molar-refractivity contribution is 0.253. The van der Waals surface area contributed by atoms with Gasteiger partial charge in [0.1, 0.15) is 0 Å². The molecule has 0 aromatic heterocycles. The molecule has 3 nitrogen and oxygen atoms in total. The molecule has 0 heterocycles. The second kappa shape index (κ2) is 3.72. The van der Waals surface area contributed by atoms with Crippen molar-refractivity contribution in [2.45, 2.75) is 32.6 Å². The Bertz CT molecular complexity index is 355. The third kappa shape index (κ3) is 1.56. The van der Waals surface area contributed by atoms with Crippen LogP contribution in [0.3, 0.4) is 0 Å². The van der Waals surface area contributed by atoms with Gasteiger partial charge in [0.2, 0.25) is 0 Å². The summed E-state index contributed by atoms with van der Waals surface area (Å²) in [6.07, 6.45) is 8.03. The second-order valence-electron chi connectivity index (χ2n) is 4.39. The Morgan fingerprint density at radius 1 is 1.47 bits per heavy atom. The molecule has 82 valence electrons. The summed E-state index contributed by atoms with van der Waals surface area (Å²) in [6.45, 7) is 2.15. The fraction of sp³-hybridized carbons (Fsp3) is 0.583. The first kappa shape index (κ1) is 10.3. The standard InChI is InChI=1S/C12H17NO2/c1-12-7-6-10(15-2)8-9(12)4-3-5-11(12)13-14/h4,8,14H,3,5-7H2,1-2H3. The van der Waals surface area contributed by atoms with E-state index < -0.39 is 0 Å². The van der Waals surface area contributed by atoms with Gasteiger partial charge < -0.3 is 9.94 Å². The van der Waals surface area contributed by atoms with E-state index in [-0.39, 0.29) is 5.41 Å². The summed E-state index contributed by atoms with van der Waals surface area (Å²) in [5, 5.41) is 12.5. The molecule has 0 aromatic rings. The first-order valence-electron chi connectivity index (χ1n) is 5.37. The largest absolute Gasteiger partial charge is 0.501 e. The summed E-state index contributed by atoms with van der Waals surface area (Å²) in [5.41, 5.74) is 2.07. The minimum atomic E-state index is -0.0744. The van der Waals surface area contributed by atoms with Crippen LogP contribution in [0, 0.1) is 5.41 Å². The van der Waals surface area contributed by atoms with Crippen LogP contribution in [0.2, 0.25) is 0 Å². The molecule has 1 atom stereocenters. The first-order chi connectivity index (χ1) is 7.20. The van der Waals surface area contributed by atoms with Gasteiger partial charge >= 0.3 is 0 Å². The summed E-state index contributed by atoms with van der Waals surface area (Å²) < 4.78 is 5.27. The van der Waals surface area contributed by atoms with E-state index in [1.165, 1.54) is 5.57 Å². The van der Waals surface area contributed by atoms with E-state index in [0.29, 0.717) is 0 Å². The van der Waals surface area contributed by atoms with Crippen molar-refractivity contribution < 1.29 is 9.94 Å². The lowest BCUT2D eigenvalue weighted by Crippen LogP contribution is -2.34. The van der Waals surface area contributed by atoms with E-state index in [2.05, 4.69) is 24.2 Å². The molecule has 0 spiro atoms. The fourth-order valence-electron chi connectivity index (χ4n) is 2.48. The predicted octanol–water partition coefficient (Wildman–Crippen LogP) is 2.87. The van der Waals surface area contributed by atoms with Crippen molar-refractivity contribution in [3.05, 3.63) is 23.5 Å². The van der Waals surface area contributed by atoms with Crippen LogP contribution < -0.4 is 0 Å². The van der Waals surface area contributed by atoms with Gasteiger partial charge in [-0.2, -0.15) is 0 Å². The van der Waals surface area contributed by atoms with E-state index in [0.717, 1.165) is 37.2 Å². The van der Waals surface area contributed by atoms with Crippen molar-refractivity contribution >= 4 is 5.71 Å². The zero-order valence-corrected chi connectivity index (χ0v) is 9.29. The molecule has 1 N–H and O–H groups in total. The molecule has 0 bridgehead atoms. The Balaban J connectivity index is 2.40. The average Bonchev–Trinajstić information content (AvgIpc) is 2.27. The number of allylic oxidation sites excluding steroid dienone is 4. The van der Waals surface area contributed by atoms with Crippen LogP contribution in [0.25, 0.3) is 0 Å². The third-order valence-corrected chi connectivity index (χ3v) is 3.59. The summed E-state index contributed by atoms with van der Waals surface area (Å²) in [4.78, 5) is 0. The van der Waals surface area contributed by atoms with Crippen LogP contribution in [0.4, 0.5) is 0 Å². The summed E-state index contributed by atoms with van der Waals surface area (Å²) in [5.74, 6) is 1.03. The number of methoxy groups -OCH3 is 1. The first-order valence-corrected chi connectivity index (χ1v) is 5.37. The van der Waals surface area contributed by atoms with E-state index in [1.807, 2.05) is 0 Å². The zero-order valence-electron chi connectivity index (χ0n) is 9.29. The van der Waals surface area contributed by atoms with Gasteiger partial charge in [0.05, 0.1) is 18.6 Å². The van der Waals surface area contributed by atoms with E-state index in [9.17, 15) is 0 Å². The highest BCUT2D eigenvalue weighted by atomic mass is 16.5. The minimum Gasteiger partial charge on any atom is -0.501 e. The van der Waals surface area contributed by atoms with Crippen molar-refractivity contribution in [3.8, 4) is 0 Å². The molecule has 2 aliphatic rings. The summed E-state index contributed by atoms with van der Waals surface area (Å²) >= 11 is 0. The molecule has 0 saturated heterocycles. The Hall–Kier alpha value is -1.25. The summed E-state index contributed by atoms with van der Waals surface area (Å²) in [7, 11) is 1.71. The van der Waals surface area contributed by atoms with Gasteiger partial charge in [-0.1, -0.05) is 18.2 Å². The molecular weight excluding hydrogens is 190 g/mol. The van der Waals surface area contributed by atoms with Crippen LogP contribution >= 0.6 is 0 Å². The molecule has 0 saturated carbocycles.